The maximum atomic E-state index is 12.7. The Balaban J connectivity index is 1.69. The normalized spacial score (nSPS) is 16.0. The molecule has 9 heteroatoms. The number of benzene rings is 1. The zero-order valence-electron chi connectivity index (χ0n) is 13.9. The first-order valence-electron chi connectivity index (χ1n) is 8.08. The van der Waals surface area contributed by atoms with Gasteiger partial charge in [0, 0.05) is 43.9 Å². The molecule has 0 bridgehead atoms. The van der Waals surface area contributed by atoms with E-state index in [2.05, 4.69) is 15.3 Å². The Morgan fingerprint density at radius 2 is 1.80 bits per heavy atom. The molecule has 0 spiro atoms. The van der Waals surface area contributed by atoms with E-state index in [4.69, 9.17) is 11.6 Å². The predicted octanol–water partition coefficient (Wildman–Crippen LogP) is 2.07. The summed E-state index contributed by atoms with van der Waals surface area (Å²) in [5.41, 5.74) is 0. The van der Waals surface area contributed by atoms with Crippen LogP contribution in [0, 0.1) is 0 Å². The topological polar surface area (TPSA) is 78.4 Å². The van der Waals surface area contributed by atoms with Crippen molar-refractivity contribution in [3.63, 3.8) is 0 Å². The van der Waals surface area contributed by atoms with E-state index in [0.717, 1.165) is 12.4 Å². The molecule has 0 saturated carbocycles. The lowest BCUT2D eigenvalue weighted by atomic mass is 10.4. The number of nitrogens with one attached hydrogen (secondary N) is 1. The highest BCUT2D eigenvalue weighted by atomic mass is 35.5. The third-order valence-corrected chi connectivity index (χ3v) is 6.14. The van der Waals surface area contributed by atoms with Crippen LogP contribution in [0.15, 0.2) is 41.4 Å². The number of hydrogen-bond acceptors (Lipinski definition) is 6. The van der Waals surface area contributed by atoms with Crippen molar-refractivity contribution in [2.45, 2.75) is 11.8 Å². The summed E-state index contributed by atoms with van der Waals surface area (Å²) in [4.78, 5) is 11.0. The van der Waals surface area contributed by atoms with E-state index in [1.165, 1.54) is 16.4 Å². The number of hydrogen-bond donors (Lipinski definition) is 1. The Morgan fingerprint density at radius 3 is 2.44 bits per heavy atom. The first-order chi connectivity index (χ1) is 12.0. The molecule has 0 amide bonds. The largest absolute Gasteiger partial charge is 0.370 e. The van der Waals surface area contributed by atoms with Gasteiger partial charge in [-0.05, 0) is 37.3 Å². The fourth-order valence-corrected chi connectivity index (χ4v) is 4.21. The second-order valence-electron chi connectivity index (χ2n) is 5.62. The van der Waals surface area contributed by atoms with E-state index in [1.54, 1.807) is 18.3 Å². The van der Waals surface area contributed by atoms with Gasteiger partial charge in [0.25, 0.3) is 0 Å². The molecule has 1 aliphatic heterocycles. The summed E-state index contributed by atoms with van der Waals surface area (Å²) in [6, 6.07) is 8.06. The van der Waals surface area contributed by atoms with Crippen molar-refractivity contribution in [2.75, 3.05) is 42.9 Å². The zero-order valence-corrected chi connectivity index (χ0v) is 15.5. The number of rotatable bonds is 5. The number of anilines is 2. The first kappa shape index (κ1) is 17.9. The summed E-state index contributed by atoms with van der Waals surface area (Å²) >= 11 is 5.84. The van der Waals surface area contributed by atoms with Crippen molar-refractivity contribution >= 4 is 33.4 Å². The number of aromatic nitrogens is 2. The number of nitrogens with zero attached hydrogens (tertiary/aromatic N) is 4. The van der Waals surface area contributed by atoms with Crippen LogP contribution in [-0.4, -0.2) is 55.4 Å². The van der Waals surface area contributed by atoms with Crippen molar-refractivity contribution in [3.8, 4) is 0 Å². The van der Waals surface area contributed by atoms with Crippen LogP contribution in [0.25, 0.3) is 0 Å². The van der Waals surface area contributed by atoms with Crippen LogP contribution >= 0.6 is 11.6 Å². The molecule has 1 aromatic carbocycles. The quantitative estimate of drug-likeness (QED) is 0.854. The van der Waals surface area contributed by atoms with E-state index in [0.29, 0.717) is 37.1 Å². The van der Waals surface area contributed by atoms with Crippen LogP contribution in [0.4, 0.5) is 11.8 Å². The lowest BCUT2D eigenvalue weighted by Gasteiger charge is -2.34. The molecule has 0 atom stereocenters. The smallest absolute Gasteiger partial charge is 0.243 e. The van der Waals surface area contributed by atoms with E-state index in [-0.39, 0.29) is 4.90 Å². The van der Waals surface area contributed by atoms with Gasteiger partial charge in [-0.1, -0.05) is 11.6 Å². The first-order valence-corrected chi connectivity index (χ1v) is 9.90. The molecule has 134 valence electrons. The summed E-state index contributed by atoms with van der Waals surface area (Å²) in [6.45, 7) is 4.65. The molecule has 0 aliphatic carbocycles. The van der Waals surface area contributed by atoms with Gasteiger partial charge in [-0.25, -0.2) is 13.4 Å². The fourth-order valence-electron chi connectivity index (χ4n) is 2.66. The monoisotopic (exact) mass is 381 g/mol. The summed E-state index contributed by atoms with van der Waals surface area (Å²) in [6.07, 6.45) is 1.71. The minimum Gasteiger partial charge on any atom is -0.370 e. The zero-order chi connectivity index (χ0) is 17.9. The number of sulfonamides is 1. The highest BCUT2D eigenvalue weighted by Gasteiger charge is 2.29. The highest BCUT2D eigenvalue weighted by Crippen LogP contribution is 2.21. The molecule has 1 fully saturated rings. The fraction of sp³-hybridized carbons (Fsp3) is 0.375. The molecule has 2 aromatic rings. The molecule has 1 aliphatic rings. The van der Waals surface area contributed by atoms with Gasteiger partial charge in [0.15, 0.2) is 0 Å². The lowest BCUT2D eigenvalue weighted by Crippen LogP contribution is -2.49. The Morgan fingerprint density at radius 1 is 1.12 bits per heavy atom. The third-order valence-electron chi connectivity index (χ3n) is 3.97. The van der Waals surface area contributed by atoms with Crippen LogP contribution in [0.1, 0.15) is 6.92 Å². The Kier molecular flexibility index (Phi) is 5.41. The van der Waals surface area contributed by atoms with Crippen molar-refractivity contribution in [1.82, 2.24) is 14.3 Å². The molecule has 3 rings (SSSR count). The van der Waals surface area contributed by atoms with E-state index < -0.39 is 10.0 Å². The molecule has 0 radical (unpaired) electrons. The lowest BCUT2D eigenvalue weighted by molar-refractivity contribution is 0.382. The van der Waals surface area contributed by atoms with Crippen molar-refractivity contribution in [3.05, 3.63) is 41.6 Å². The minimum atomic E-state index is -3.51. The molecule has 25 heavy (non-hydrogen) atoms. The molecular formula is C16H20ClN5O2S. The van der Waals surface area contributed by atoms with Gasteiger partial charge in [-0.3, -0.25) is 0 Å². The van der Waals surface area contributed by atoms with Gasteiger partial charge in [0.2, 0.25) is 16.0 Å². The predicted molar refractivity (Wildman–Crippen MR) is 98.6 cm³/mol. The Hall–Kier alpha value is -1.90. The van der Waals surface area contributed by atoms with Crippen molar-refractivity contribution < 1.29 is 8.42 Å². The molecule has 2 heterocycles. The number of piperazine rings is 1. The molecule has 7 nitrogen and oxygen atoms in total. The van der Waals surface area contributed by atoms with Gasteiger partial charge in [-0.2, -0.15) is 9.29 Å². The standard InChI is InChI=1S/C16H20ClN5O2S/c1-2-18-15-7-8-19-16(20-15)21-9-11-22(12-10-21)25(23,24)14-5-3-13(17)4-6-14/h3-8H,2,9-12H2,1H3,(H,18,19,20). The summed E-state index contributed by atoms with van der Waals surface area (Å²) in [5, 5.41) is 3.67. The average molecular weight is 382 g/mol. The van der Waals surface area contributed by atoms with E-state index in [9.17, 15) is 8.42 Å². The van der Waals surface area contributed by atoms with E-state index in [1.807, 2.05) is 17.9 Å². The molecule has 1 aromatic heterocycles. The second kappa shape index (κ2) is 7.55. The molecular weight excluding hydrogens is 362 g/mol. The SMILES string of the molecule is CCNc1ccnc(N2CCN(S(=O)(=O)c3ccc(Cl)cc3)CC2)n1. The third kappa shape index (κ3) is 4.02. The van der Waals surface area contributed by atoms with Crippen LogP contribution in [0.3, 0.4) is 0 Å². The highest BCUT2D eigenvalue weighted by molar-refractivity contribution is 7.89. The Labute approximate surface area is 152 Å². The van der Waals surface area contributed by atoms with Gasteiger partial charge in [-0.15, -0.1) is 0 Å². The van der Waals surface area contributed by atoms with Crippen LogP contribution in [0.5, 0.6) is 0 Å². The van der Waals surface area contributed by atoms with Gasteiger partial charge >= 0.3 is 0 Å². The minimum absolute atomic E-state index is 0.260. The summed E-state index contributed by atoms with van der Waals surface area (Å²) < 4.78 is 26.9. The summed E-state index contributed by atoms with van der Waals surface area (Å²) in [7, 11) is -3.51. The van der Waals surface area contributed by atoms with Crippen molar-refractivity contribution in [2.24, 2.45) is 0 Å². The molecule has 1 N–H and O–H groups in total. The summed E-state index contributed by atoms with van der Waals surface area (Å²) in [5.74, 6) is 1.38. The van der Waals surface area contributed by atoms with Crippen LogP contribution < -0.4 is 10.2 Å². The Bertz CT molecular complexity index is 821. The van der Waals surface area contributed by atoms with Crippen molar-refractivity contribution in [1.29, 1.82) is 0 Å². The van der Waals surface area contributed by atoms with Gasteiger partial charge < -0.3 is 10.2 Å². The second-order valence-corrected chi connectivity index (χ2v) is 7.99. The molecule has 1 saturated heterocycles. The van der Waals surface area contributed by atoms with Crippen LogP contribution in [-0.2, 0) is 10.0 Å². The van der Waals surface area contributed by atoms with Gasteiger partial charge in [0.1, 0.15) is 5.82 Å². The average Bonchev–Trinajstić information content (AvgIpc) is 2.63. The maximum absolute atomic E-state index is 12.7. The van der Waals surface area contributed by atoms with Crippen LogP contribution in [0.2, 0.25) is 5.02 Å². The molecule has 0 unspecified atom stereocenters. The maximum Gasteiger partial charge on any atom is 0.243 e. The van der Waals surface area contributed by atoms with E-state index >= 15 is 0 Å². The van der Waals surface area contributed by atoms with Gasteiger partial charge in [0.05, 0.1) is 4.90 Å². The number of halogens is 1.